The van der Waals surface area contributed by atoms with Crippen molar-refractivity contribution in [3.8, 4) is 17.3 Å². The first-order chi connectivity index (χ1) is 19.9. The molecule has 41 heavy (non-hydrogen) atoms. The van der Waals surface area contributed by atoms with E-state index in [0.717, 1.165) is 53.1 Å². The van der Waals surface area contributed by atoms with Gasteiger partial charge in [-0.15, -0.1) is 0 Å². The third kappa shape index (κ3) is 3.41. The van der Waals surface area contributed by atoms with E-state index in [1.807, 2.05) is 43.4 Å². The number of benzene rings is 1. The van der Waals surface area contributed by atoms with E-state index in [2.05, 4.69) is 27.8 Å². The maximum atomic E-state index is 14.1. The monoisotopic (exact) mass is 550 g/mol. The van der Waals surface area contributed by atoms with Crippen LogP contribution in [0.25, 0.3) is 33.6 Å². The number of nitrogens with zero attached hydrogens (tertiary/aromatic N) is 6. The van der Waals surface area contributed by atoms with Crippen LogP contribution in [0.15, 0.2) is 49.2 Å². The number of ether oxygens (including phenoxy) is 1. The molecular weight excluding hydrogens is 516 g/mol. The van der Waals surface area contributed by atoms with Gasteiger partial charge in [-0.05, 0) is 79.3 Å². The van der Waals surface area contributed by atoms with Crippen LogP contribution >= 0.6 is 0 Å². The summed E-state index contributed by atoms with van der Waals surface area (Å²) in [6.07, 6.45) is 6.76. The van der Waals surface area contributed by atoms with Crippen molar-refractivity contribution in [2.45, 2.75) is 37.9 Å². The third-order valence-electron chi connectivity index (χ3n) is 10.2. The largest absolute Gasteiger partial charge is 0.494 e. The number of imidazole rings is 1. The van der Waals surface area contributed by atoms with Gasteiger partial charge in [0.05, 0.1) is 30.4 Å². The van der Waals surface area contributed by atoms with Crippen molar-refractivity contribution in [3.63, 3.8) is 0 Å². The molecule has 1 aromatic carbocycles. The lowest BCUT2D eigenvalue weighted by atomic mass is 9.50. The molecule has 8 rings (SSSR count). The summed E-state index contributed by atoms with van der Waals surface area (Å²) in [5.74, 6) is 3.49. The lowest BCUT2D eigenvalue weighted by Gasteiger charge is -2.61. The van der Waals surface area contributed by atoms with E-state index in [-0.39, 0.29) is 23.9 Å². The Labute approximate surface area is 238 Å². The van der Waals surface area contributed by atoms with E-state index in [4.69, 9.17) is 14.7 Å². The third-order valence-corrected chi connectivity index (χ3v) is 10.2. The molecule has 3 aromatic heterocycles. The van der Waals surface area contributed by atoms with Gasteiger partial charge in [0.1, 0.15) is 16.9 Å². The molecule has 3 aliphatic carbocycles. The highest BCUT2D eigenvalue weighted by atomic mass is 16.5. The molecule has 5 atom stereocenters. The predicted octanol–water partition coefficient (Wildman–Crippen LogP) is 4.11. The minimum atomic E-state index is -0.0883. The Balaban J connectivity index is 1.19. The summed E-state index contributed by atoms with van der Waals surface area (Å²) in [6.45, 7) is 5.32. The van der Waals surface area contributed by atoms with Crippen molar-refractivity contribution < 1.29 is 14.3 Å². The molecule has 1 saturated heterocycles. The summed E-state index contributed by atoms with van der Waals surface area (Å²) >= 11 is 0. The zero-order valence-electron chi connectivity index (χ0n) is 23.7. The van der Waals surface area contributed by atoms with Crippen molar-refractivity contribution in [1.29, 1.82) is 0 Å². The van der Waals surface area contributed by atoms with Crippen molar-refractivity contribution in [2.75, 3.05) is 20.7 Å². The van der Waals surface area contributed by atoms with Crippen LogP contribution in [0.5, 0.6) is 5.75 Å². The van der Waals surface area contributed by atoms with Gasteiger partial charge < -0.3 is 23.7 Å². The topological polar surface area (TPSA) is 85.5 Å². The number of methoxy groups -OCH3 is 1. The predicted molar refractivity (Wildman–Crippen MR) is 155 cm³/mol. The average molecular weight is 551 g/mol. The molecule has 1 aliphatic heterocycles. The van der Waals surface area contributed by atoms with Crippen LogP contribution in [0.3, 0.4) is 0 Å². The number of likely N-dealkylation sites (N-methyl/N-ethyl adjacent to an activating group) is 1. The Hall–Kier alpha value is -4.14. The molecule has 4 heterocycles. The summed E-state index contributed by atoms with van der Waals surface area (Å²) < 4.78 is 10.2. The maximum absolute atomic E-state index is 14.1. The molecule has 9 heteroatoms. The number of rotatable bonds is 7. The lowest BCUT2D eigenvalue weighted by Crippen LogP contribution is -2.70. The standard InChI is InChI=1S/C32H34N6O3/c1-5-25(39)35(2)27-21-11-20-16-38(29(27)26(20)21)32(40)19-12-22-28(24(14-19)41-4)36(3)31(34-22)23-13-18-7-6-10-33-30(18)37(23)15-17-8-9-17/h5-7,10,12-14,17,20-21,26-27,29H,1,8-9,11,15-16H2,2-4H3/t20-,21?,26+,27-,29+/m1/s1. The first-order valence-corrected chi connectivity index (χ1v) is 14.6. The second kappa shape index (κ2) is 8.68. The molecule has 1 unspecified atom stereocenters. The molecular formula is C32H34N6O3. The fraction of sp³-hybridized carbons (Fsp3) is 0.438. The second-order valence-corrected chi connectivity index (χ2v) is 12.4. The second-order valence-electron chi connectivity index (χ2n) is 12.4. The number of likely N-dealkylation sites (tertiary alicyclic amines) is 1. The SMILES string of the molecule is C=CC(=O)N(C)[C@@H]1C2C[C@@H]3CN(C(=O)c4cc(OC)c5c(c4)nc(-c4cc6cccnc6n4CC4CC4)n5C)[C@H]1[C@H]23. The van der Waals surface area contributed by atoms with Crippen LogP contribution in [-0.2, 0) is 18.4 Å². The van der Waals surface area contributed by atoms with E-state index in [9.17, 15) is 9.59 Å². The number of aromatic nitrogens is 4. The minimum absolute atomic E-state index is 0.0215. The highest BCUT2D eigenvalue weighted by molar-refractivity contribution is 6.00. The van der Waals surface area contributed by atoms with E-state index < -0.39 is 0 Å². The molecule has 4 aliphatic rings. The van der Waals surface area contributed by atoms with E-state index >= 15 is 0 Å². The number of hydrogen-bond donors (Lipinski definition) is 0. The van der Waals surface area contributed by atoms with Gasteiger partial charge in [0.2, 0.25) is 5.91 Å². The smallest absolute Gasteiger partial charge is 0.254 e. The molecule has 210 valence electrons. The van der Waals surface area contributed by atoms with Gasteiger partial charge in [-0.25, -0.2) is 9.97 Å². The quantitative estimate of drug-likeness (QED) is 0.324. The molecule has 2 amide bonds. The number of fused-ring (bicyclic) bond motifs is 2. The number of carbonyl (C=O) groups is 2. The maximum Gasteiger partial charge on any atom is 0.254 e. The summed E-state index contributed by atoms with van der Waals surface area (Å²) in [4.78, 5) is 40.1. The van der Waals surface area contributed by atoms with Crippen LogP contribution in [0.4, 0.5) is 0 Å². The number of hydrogen-bond acceptors (Lipinski definition) is 5. The first kappa shape index (κ1) is 24.6. The summed E-state index contributed by atoms with van der Waals surface area (Å²) in [5.41, 5.74) is 4.15. The number of amides is 2. The number of aryl methyl sites for hydroxylation is 1. The molecule has 0 spiro atoms. The summed E-state index contributed by atoms with van der Waals surface area (Å²) in [7, 11) is 5.48. The molecule has 4 aromatic rings. The van der Waals surface area contributed by atoms with Gasteiger partial charge >= 0.3 is 0 Å². The van der Waals surface area contributed by atoms with Gasteiger partial charge in [0.25, 0.3) is 5.91 Å². The van der Waals surface area contributed by atoms with Crippen LogP contribution in [0.1, 0.15) is 29.6 Å². The summed E-state index contributed by atoms with van der Waals surface area (Å²) in [5, 5.41) is 1.09. The zero-order chi connectivity index (χ0) is 28.2. The molecule has 3 saturated carbocycles. The van der Waals surface area contributed by atoms with Crippen molar-refractivity contribution in [2.24, 2.45) is 30.7 Å². The van der Waals surface area contributed by atoms with Gasteiger partial charge in [-0.2, -0.15) is 0 Å². The van der Waals surface area contributed by atoms with E-state index in [1.165, 1.54) is 18.9 Å². The average Bonchev–Trinajstić information content (AvgIpc) is 3.62. The van der Waals surface area contributed by atoms with Gasteiger partial charge in [-0.3, -0.25) is 9.59 Å². The summed E-state index contributed by atoms with van der Waals surface area (Å²) in [6, 6.07) is 10.1. The van der Waals surface area contributed by atoms with Crippen molar-refractivity contribution in [1.82, 2.24) is 28.9 Å². The molecule has 0 bridgehead atoms. The molecule has 0 radical (unpaired) electrons. The molecule has 4 fully saturated rings. The Morgan fingerprint density at radius 2 is 2.07 bits per heavy atom. The minimum Gasteiger partial charge on any atom is -0.494 e. The van der Waals surface area contributed by atoms with Gasteiger partial charge in [0.15, 0.2) is 5.82 Å². The Morgan fingerprint density at radius 1 is 1.24 bits per heavy atom. The van der Waals surface area contributed by atoms with Crippen LogP contribution < -0.4 is 4.74 Å². The van der Waals surface area contributed by atoms with Crippen molar-refractivity contribution >= 4 is 33.9 Å². The number of pyridine rings is 1. The van der Waals surface area contributed by atoms with E-state index in [1.54, 1.807) is 12.0 Å². The molecule has 0 N–H and O–H groups in total. The Bertz CT molecular complexity index is 1770. The zero-order valence-corrected chi connectivity index (χ0v) is 23.7. The number of carbonyl (C=O) groups excluding carboxylic acids is 2. The fourth-order valence-corrected chi connectivity index (χ4v) is 8.04. The molecule has 9 nitrogen and oxygen atoms in total. The lowest BCUT2D eigenvalue weighted by molar-refractivity contribution is -0.146. The Kier molecular flexibility index (Phi) is 5.22. The van der Waals surface area contributed by atoms with E-state index in [0.29, 0.717) is 35.0 Å². The van der Waals surface area contributed by atoms with Crippen LogP contribution in [0.2, 0.25) is 0 Å². The van der Waals surface area contributed by atoms with Gasteiger partial charge in [-0.1, -0.05) is 6.58 Å². The highest BCUT2D eigenvalue weighted by Crippen LogP contribution is 2.62. The van der Waals surface area contributed by atoms with Crippen molar-refractivity contribution in [3.05, 3.63) is 54.7 Å². The van der Waals surface area contributed by atoms with Gasteiger partial charge in [0, 0.05) is 44.3 Å². The first-order valence-electron chi connectivity index (χ1n) is 14.6. The normalized spacial score (nSPS) is 26.0. The Morgan fingerprint density at radius 3 is 2.83 bits per heavy atom. The fourth-order valence-electron chi connectivity index (χ4n) is 8.04. The van der Waals surface area contributed by atoms with Crippen LogP contribution in [0, 0.1) is 23.7 Å². The van der Waals surface area contributed by atoms with Crippen LogP contribution in [-0.4, -0.2) is 73.5 Å². The highest BCUT2D eigenvalue weighted by Gasteiger charge is 2.69.